The Kier molecular flexibility index (Phi) is 5.49. The van der Waals surface area contributed by atoms with Crippen LogP contribution in [0, 0.1) is 11.7 Å². The van der Waals surface area contributed by atoms with Gasteiger partial charge in [0, 0.05) is 24.3 Å². The van der Waals surface area contributed by atoms with Crippen LogP contribution in [0.1, 0.15) is 50.9 Å². The Morgan fingerprint density at radius 2 is 2.07 bits per heavy atom. The Morgan fingerprint density at radius 3 is 2.82 bits per heavy atom. The highest BCUT2D eigenvalue weighted by Gasteiger charge is 2.30. The molecule has 1 amide bonds. The molecule has 5 nitrogen and oxygen atoms in total. The number of carbonyl (C=O) groups is 1. The van der Waals surface area contributed by atoms with Gasteiger partial charge in [-0.1, -0.05) is 19.8 Å². The predicted octanol–water partition coefficient (Wildman–Crippen LogP) is 3.88. The summed E-state index contributed by atoms with van der Waals surface area (Å²) in [4.78, 5) is 19.3. The number of carbonyl (C=O) groups excluding carboxylic acids is 1. The number of rotatable bonds is 4. The van der Waals surface area contributed by atoms with Crippen LogP contribution in [0.4, 0.5) is 4.39 Å². The van der Waals surface area contributed by atoms with Gasteiger partial charge in [0.15, 0.2) is 0 Å². The summed E-state index contributed by atoms with van der Waals surface area (Å²) < 4.78 is 21.3. The van der Waals surface area contributed by atoms with Gasteiger partial charge >= 0.3 is 0 Å². The van der Waals surface area contributed by atoms with Gasteiger partial charge in [-0.15, -0.1) is 0 Å². The average molecular weight is 385 g/mol. The zero-order valence-electron chi connectivity index (χ0n) is 16.6. The smallest absolute Gasteiger partial charge is 0.251 e. The van der Waals surface area contributed by atoms with E-state index in [1.54, 1.807) is 18.5 Å². The van der Waals surface area contributed by atoms with E-state index >= 15 is 0 Å². The van der Waals surface area contributed by atoms with Crippen LogP contribution < -0.4 is 0 Å². The Hall–Kier alpha value is -2.21. The van der Waals surface area contributed by atoms with Gasteiger partial charge in [-0.2, -0.15) is 0 Å². The van der Waals surface area contributed by atoms with E-state index in [0.29, 0.717) is 19.0 Å². The Labute approximate surface area is 165 Å². The topological polar surface area (TPSA) is 47.4 Å². The van der Waals surface area contributed by atoms with E-state index in [0.717, 1.165) is 36.3 Å². The maximum atomic E-state index is 13.2. The number of aromatic nitrogens is 2. The van der Waals surface area contributed by atoms with Crippen molar-refractivity contribution in [1.29, 1.82) is 0 Å². The molecule has 1 aliphatic heterocycles. The lowest BCUT2D eigenvalue weighted by atomic mass is 9.88. The average Bonchev–Trinajstić information content (AvgIpc) is 3.11. The molecule has 0 saturated heterocycles. The van der Waals surface area contributed by atoms with Gasteiger partial charge in [-0.05, 0) is 49.9 Å². The second kappa shape index (κ2) is 8.03. The van der Waals surface area contributed by atoms with Crippen LogP contribution in [-0.2, 0) is 22.5 Å². The van der Waals surface area contributed by atoms with E-state index in [4.69, 9.17) is 4.74 Å². The number of benzene rings is 1. The highest BCUT2D eigenvalue weighted by atomic mass is 19.1. The minimum absolute atomic E-state index is 0.0419. The molecule has 150 valence electrons. The number of imidazole rings is 1. The summed E-state index contributed by atoms with van der Waals surface area (Å²) >= 11 is 0. The number of hydrogen-bond donors (Lipinski definition) is 0. The minimum atomic E-state index is -0.420. The van der Waals surface area contributed by atoms with Crippen molar-refractivity contribution in [1.82, 2.24) is 14.5 Å². The molecule has 28 heavy (non-hydrogen) atoms. The van der Waals surface area contributed by atoms with Gasteiger partial charge in [0.2, 0.25) is 0 Å². The quantitative estimate of drug-likeness (QED) is 0.802. The SMILES string of the molecule is C[C@@H]1CCC[C@H](O[C@@H](C)C(=O)N2CCc3c(ncn3-c3ccc(F)cc3)C2)C1. The molecule has 1 saturated carbocycles. The maximum absolute atomic E-state index is 13.2. The Bertz CT molecular complexity index is 833. The third-order valence-electron chi connectivity index (χ3n) is 5.96. The minimum Gasteiger partial charge on any atom is -0.365 e. The van der Waals surface area contributed by atoms with Crippen LogP contribution in [-0.4, -0.2) is 39.1 Å². The van der Waals surface area contributed by atoms with Crippen molar-refractivity contribution in [2.24, 2.45) is 5.92 Å². The van der Waals surface area contributed by atoms with Crippen LogP contribution >= 0.6 is 0 Å². The van der Waals surface area contributed by atoms with Crippen molar-refractivity contribution in [3.05, 3.63) is 47.8 Å². The van der Waals surface area contributed by atoms with E-state index in [1.807, 2.05) is 16.4 Å². The summed E-state index contributed by atoms with van der Waals surface area (Å²) in [6.45, 7) is 5.27. The summed E-state index contributed by atoms with van der Waals surface area (Å²) in [5.74, 6) is 0.463. The molecule has 2 heterocycles. The molecule has 2 aliphatic rings. The van der Waals surface area contributed by atoms with Crippen LogP contribution in [0.2, 0.25) is 0 Å². The maximum Gasteiger partial charge on any atom is 0.251 e. The number of hydrogen-bond acceptors (Lipinski definition) is 3. The normalized spacial score (nSPS) is 23.3. The standard InChI is InChI=1S/C22H28FN3O2/c1-15-4-3-5-19(12-15)28-16(2)22(27)25-11-10-21-20(13-25)24-14-26(21)18-8-6-17(23)7-9-18/h6-9,14-16,19H,3-5,10-13H2,1-2H3/t15-,16+,19+/m1/s1. The lowest BCUT2D eigenvalue weighted by Crippen LogP contribution is -2.43. The number of amides is 1. The third-order valence-corrected chi connectivity index (χ3v) is 5.96. The molecule has 1 aliphatic carbocycles. The van der Waals surface area contributed by atoms with Gasteiger partial charge in [-0.25, -0.2) is 9.37 Å². The molecule has 4 rings (SSSR count). The highest BCUT2D eigenvalue weighted by Crippen LogP contribution is 2.27. The summed E-state index contributed by atoms with van der Waals surface area (Å²) in [7, 11) is 0. The van der Waals surface area contributed by atoms with Gasteiger partial charge in [-0.3, -0.25) is 4.79 Å². The van der Waals surface area contributed by atoms with Crippen molar-refractivity contribution in [2.45, 2.75) is 64.7 Å². The molecule has 1 aromatic carbocycles. The lowest BCUT2D eigenvalue weighted by molar-refractivity contribution is -0.149. The van der Waals surface area contributed by atoms with Gasteiger partial charge in [0.05, 0.1) is 24.7 Å². The van der Waals surface area contributed by atoms with Crippen molar-refractivity contribution < 1.29 is 13.9 Å². The van der Waals surface area contributed by atoms with Crippen molar-refractivity contribution in [2.75, 3.05) is 6.54 Å². The molecular formula is C22H28FN3O2. The van der Waals surface area contributed by atoms with Gasteiger partial charge < -0.3 is 14.2 Å². The number of ether oxygens (including phenoxy) is 1. The molecule has 2 aromatic rings. The Balaban J connectivity index is 1.41. The molecule has 0 unspecified atom stereocenters. The van der Waals surface area contributed by atoms with E-state index in [9.17, 15) is 9.18 Å². The first-order valence-electron chi connectivity index (χ1n) is 10.3. The van der Waals surface area contributed by atoms with E-state index in [-0.39, 0.29) is 17.8 Å². The van der Waals surface area contributed by atoms with Gasteiger partial charge in [0.25, 0.3) is 5.91 Å². The fourth-order valence-corrected chi connectivity index (χ4v) is 4.43. The number of nitrogens with zero attached hydrogens (tertiary/aromatic N) is 3. The van der Waals surface area contributed by atoms with E-state index < -0.39 is 6.10 Å². The third kappa shape index (κ3) is 3.97. The van der Waals surface area contributed by atoms with Crippen LogP contribution in [0.15, 0.2) is 30.6 Å². The molecule has 0 radical (unpaired) electrons. The molecule has 0 spiro atoms. The van der Waals surface area contributed by atoms with Gasteiger partial charge in [0.1, 0.15) is 11.9 Å². The zero-order chi connectivity index (χ0) is 19.7. The first kappa shape index (κ1) is 19.1. The monoisotopic (exact) mass is 385 g/mol. The van der Waals surface area contributed by atoms with E-state index in [2.05, 4.69) is 11.9 Å². The van der Waals surface area contributed by atoms with Crippen molar-refractivity contribution in [3.63, 3.8) is 0 Å². The molecule has 3 atom stereocenters. The fourth-order valence-electron chi connectivity index (χ4n) is 4.43. The number of halogens is 1. The molecule has 1 fully saturated rings. The van der Waals surface area contributed by atoms with E-state index in [1.165, 1.54) is 25.0 Å². The fraction of sp³-hybridized carbons (Fsp3) is 0.545. The molecule has 1 aromatic heterocycles. The first-order valence-corrected chi connectivity index (χ1v) is 10.3. The second-order valence-corrected chi connectivity index (χ2v) is 8.17. The largest absolute Gasteiger partial charge is 0.365 e. The summed E-state index contributed by atoms with van der Waals surface area (Å²) in [5.41, 5.74) is 2.88. The van der Waals surface area contributed by atoms with Crippen molar-refractivity contribution >= 4 is 5.91 Å². The summed E-state index contributed by atoms with van der Waals surface area (Å²) in [5, 5.41) is 0. The molecular weight excluding hydrogens is 357 g/mol. The summed E-state index contributed by atoms with van der Waals surface area (Å²) in [6.07, 6.45) is 6.80. The molecule has 6 heteroatoms. The molecule has 0 N–H and O–H groups in total. The first-order chi connectivity index (χ1) is 13.5. The van der Waals surface area contributed by atoms with Crippen molar-refractivity contribution in [3.8, 4) is 5.69 Å². The zero-order valence-corrected chi connectivity index (χ0v) is 16.6. The Morgan fingerprint density at radius 1 is 1.29 bits per heavy atom. The predicted molar refractivity (Wildman–Crippen MR) is 105 cm³/mol. The van der Waals surface area contributed by atoms with Crippen LogP contribution in [0.3, 0.4) is 0 Å². The second-order valence-electron chi connectivity index (χ2n) is 8.17. The molecule has 0 bridgehead atoms. The summed E-state index contributed by atoms with van der Waals surface area (Å²) in [6, 6.07) is 6.39. The van der Waals surface area contributed by atoms with Crippen LogP contribution in [0.5, 0.6) is 0 Å². The lowest BCUT2D eigenvalue weighted by Gasteiger charge is -2.33. The highest BCUT2D eigenvalue weighted by molar-refractivity contribution is 5.80. The van der Waals surface area contributed by atoms with Crippen LogP contribution in [0.25, 0.3) is 5.69 Å². The number of fused-ring (bicyclic) bond motifs is 1.